The summed E-state index contributed by atoms with van der Waals surface area (Å²) in [5.41, 5.74) is 6.57. The zero-order valence-electron chi connectivity index (χ0n) is 14.1. The molecule has 122 valence electrons. The third kappa shape index (κ3) is 3.89. The molecule has 4 heteroatoms. The van der Waals surface area contributed by atoms with Crippen molar-refractivity contribution < 1.29 is 4.79 Å². The van der Waals surface area contributed by atoms with E-state index in [1.165, 1.54) is 22.5 Å². The molecule has 3 nitrogen and oxygen atoms in total. The van der Waals surface area contributed by atoms with Crippen molar-refractivity contribution >= 4 is 22.4 Å². The third-order valence-electron chi connectivity index (χ3n) is 3.95. The standard InChI is InChI=1S/C20H20N2OS/c1-13-4-7-16(8-5-13)18-12-24-20(21-18)22-19(23)11-17-9-6-14(2)10-15(17)3/h4-10,12H,11H2,1-3H3,(H,21,22,23). The van der Waals surface area contributed by atoms with E-state index in [1.54, 1.807) is 0 Å². The molecule has 0 bridgehead atoms. The Labute approximate surface area is 146 Å². The summed E-state index contributed by atoms with van der Waals surface area (Å²) in [6, 6.07) is 14.4. The summed E-state index contributed by atoms with van der Waals surface area (Å²) in [4.78, 5) is 16.8. The van der Waals surface area contributed by atoms with E-state index in [4.69, 9.17) is 0 Å². The van der Waals surface area contributed by atoms with Crippen LogP contribution in [0.1, 0.15) is 22.3 Å². The van der Waals surface area contributed by atoms with Crippen LogP contribution in [0.15, 0.2) is 47.8 Å². The van der Waals surface area contributed by atoms with Gasteiger partial charge in [-0.2, -0.15) is 0 Å². The molecular formula is C20H20N2OS. The Morgan fingerprint density at radius 3 is 2.46 bits per heavy atom. The number of hydrogen-bond acceptors (Lipinski definition) is 3. The van der Waals surface area contributed by atoms with Crippen molar-refractivity contribution in [1.82, 2.24) is 4.98 Å². The Morgan fingerprint density at radius 2 is 1.75 bits per heavy atom. The smallest absolute Gasteiger partial charge is 0.230 e. The third-order valence-corrected chi connectivity index (χ3v) is 4.70. The van der Waals surface area contributed by atoms with Crippen molar-refractivity contribution in [3.8, 4) is 11.3 Å². The molecule has 1 amide bonds. The van der Waals surface area contributed by atoms with Crippen LogP contribution in [0.25, 0.3) is 11.3 Å². The number of aromatic nitrogens is 1. The second-order valence-electron chi connectivity index (χ2n) is 6.06. The van der Waals surface area contributed by atoms with E-state index in [0.29, 0.717) is 11.6 Å². The van der Waals surface area contributed by atoms with Gasteiger partial charge in [0.2, 0.25) is 5.91 Å². The van der Waals surface area contributed by atoms with E-state index in [0.717, 1.165) is 22.4 Å². The summed E-state index contributed by atoms with van der Waals surface area (Å²) in [5.74, 6) is -0.0354. The maximum Gasteiger partial charge on any atom is 0.230 e. The van der Waals surface area contributed by atoms with E-state index in [1.807, 2.05) is 36.6 Å². The van der Waals surface area contributed by atoms with Gasteiger partial charge in [-0.05, 0) is 31.9 Å². The monoisotopic (exact) mass is 336 g/mol. The predicted octanol–water partition coefficient (Wildman–Crippen LogP) is 4.92. The molecule has 0 fully saturated rings. The molecule has 1 aromatic heterocycles. The highest BCUT2D eigenvalue weighted by molar-refractivity contribution is 7.14. The van der Waals surface area contributed by atoms with Gasteiger partial charge in [-0.25, -0.2) is 4.98 Å². The lowest BCUT2D eigenvalue weighted by Crippen LogP contribution is -2.14. The highest BCUT2D eigenvalue weighted by Crippen LogP contribution is 2.25. The van der Waals surface area contributed by atoms with Crippen LogP contribution in [-0.2, 0) is 11.2 Å². The summed E-state index contributed by atoms with van der Waals surface area (Å²) in [5, 5.41) is 5.51. The molecule has 2 aromatic carbocycles. The Kier molecular flexibility index (Phi) is 4.76. The molecule has 0 aliphatic carbocycles. The first-order valence-corrected chi connectivity index (χ1v) is 8.78. The minimum Gasteiger partial charge on any atom is -0.302 e. The van der Waals surface area contributed by atoms with Gasteiger partial charge in [0, 0.05) is 10.9 Å². The number of amides is 1. The molecule has 0 aliphatic heterocycles. The number of carbonyl (C=O) groups excluding carboxylic acids is 1. The molecule has 0 aliphatic rings. The van der Waals surface area contributed by atoms with Crippen molar-refractivity contribution in [3.05, 3.63) is 70.1 Å². The number of carbonyl (C=O) groups is 1. The van der Waals surface area contributed by atoms with Gasteiger partial charge in [0.15, 0.2) is 5.13 Å². The molecule has 3 rings (SSSR count). The first-order chi connectivity index (χ1) is 11.5. The van der Waals surface area contributed by atoms with Crippen LogP contribution in [0.2, 0.25) is 0 Å². The molecule has 1 N–H and O–H groups in total. The Bertz CT molecular complexity index is 866. The molecule has 0 saturated heterocycles. The summed E-state index contributed by atoms with van der Waals surface area (Å²) in [7, 11) is 0. The van der Waals surface area contributed by atoms with Gasteiger partial charge in [-0.1, -0.05) is 53.6 Å². The maximum atomic E-state index is 12.3. The summed E-state index contributed by atoms with van der Waals surface area (Å²) >= 11 is 1.45. The fourth-order valence-electron chi connectivity index (χ4n) is 2.57. The van der Waals surface area contributed by atoms with Crippen LogP contribution in [0.5, 0.6) is 0 Å². The first kappa shape index (κ1) is 16.4. The van der Waals surface area contributed by atoms with Gasteiger partial charge in [0.25, 0.3) is 0 Å². The summed E-state index contributed by atoms with van der Waals surface area (Å²) in [6.07, 6.45) is 0.367. The topological polar surface area (TPSA) is 42.0 Å². The van der Waals surface area contributed by atoms with E-state index in [2.05, 4.69) is 42.3 Å². The number of rotatable bonds is 4. The second kappa shape index (κ2) is 6.97. The Morgan fingerprint density at radius 1 is 1.04 bits per heavy atom. The van der Waals surface area contributed by atoms with Crippen LogP contribution in [0, 0.1) is 20.8 Å². The van der Waals surface area contributed by atoms with Crippen LogP contribution in [0.4, 0.5) is 5.13 Å². The van der Waals surface area contributed by atoms with Crippen molar-refractivity contribution in [2.45, 2.75) is 27.2 Å². The fraction of sp³-hybridized carbons (Fsp3) is 0.200. The lowest BCUT2D eigenvalue weighted by molar-refractivity contribution is -0.115. The average molecular weight is 336 g/mol. The van der Waals surface area contributed by atoms with Gasteiger partial charge in [-0.3, -0.25) is 4.79 Å². The summed E-state index contributed by atoms with van der Waals surface area (Å²) in [6.45, 7) is 6.15. The number of hydrogen-bond donors (Lipinski definition) is 1. The van der Waals surface area contributed by atoms with Gasteiger partial charge in [-0.15, -0.1) is 11.3 Å². The highest BCUT2D eigenvalue weighted by Gasteiger charge is 2.10. The molecule has 0 atom stereocenters. The minimum absolute atomic E-state index is 0.0354. The Hall–Kier alpha value is -2.46. The number of nitrogens with one attached hydrogen (secondary N) is 1. The van der Waals surface area contributed by atoms with Gasteiger partial charge < -0.3 is 5.32 Å². The number of aryl methyl sites for hydroxylation is 3. The van der Waals surface area contributed by atoms with Crippen LogP contribution in [-0.4, -0.2) is 10.9 Å². The molecule has 24 heavy (non-hydrogen) atoms. The van der Waals surface area contributed by atoms with Crippen LogP contribution in [0.3, 0.4) is 0 Å². The van der Waals surface area contributed by atoms with Crippen molar-refractivity contribution in [2.24, 2.45) is 0 Å². The van der Waals surface area contributed by atoms with Crippen molar-refractivity contribution in [1.29, 1.82) is 0 Å². The van der Waals surface area contributed by atoms with E-state index in [9.17, 15) is 4.79 Å². The fourth-order valence-corrected chi connectivity index (χ4v) is 3.30. The Balaban J connectivity index is 1.68. The zero-order chi connectivity index (χ0) is 17.1. The molecule has 1 heterocycles. The zero-order valence-corrected chi connectivity index (χ0v) is 14.9. The molecule has 0 saturated carbocycles. The van der Waals surface area contributed by atoms with Crippen LogP contribution < -0.4 is 5.32 Å². The molecule has 0 radical (unpaired) electrons. The summed E-state index contributed by atoms with van der Waals surface area (Å²) < 4.78 is 0. The number of nitrogens with zero attached hydrogens (tertiary/aromatic N) is 1. The second-order valence-corrected chi connectivity index (χ2v) is 6.92. The maximum absolute atomic E-state index is 12.3. The van der Waals surface area contributed by atoms with Crippen molar-refractivity contribution in [2.75, 3.05) is 5.32 Å². The van der Waals surface area contributed by atoms with Gasteiger partial charge >= 0.3 is 0 Å². The molecule has 0 unspecified atom stereocenters. The minimum atomic E-state index is -0.0354. The number of benzene rings is 2. The first-order valence-electron chi connectivity index (χ1n) is 7.90. The van der Waals surface area contributed by atoms with E-state index in [-0.39, 0.29) is 5.91 Å². The van der Waals surface area contributed by atoms with Gasteiger partial charge in [0.1, 0.15) is 0 Å². The largest absolute Gasteiger partial charge is 0.302 e. The lowest BCUT2D eigenvalue weighted by Gasteiger charge is -2.06. The lowest BCUT2D eigenvalue weighted by atomic mass is 10.0. The molecule has 0 spiro atoms. The SMILES string of the molecule is Cc1ccc(-c2csc(NC(=O)Cc3ccc(C)cc3C)n2)cc1. The molecule has 3 aromatic rings. The van der Waals surface area contributed by atoms with Crippen LogP contribution >= 0.6 is 11.3 Å². The normalized spacial score (nSPS) is 10.6. The number of thiazole rings is 1. The predicted molar refractivity (Wildman–Crippen MR) is 101 cm³/mol. The van der Waals surface area contributed by atoms with Gasteiger partial charge in [0.05, 0.1) is 12.1 Å². The van der Waals surface area contributed by atoms with E-state index < -0.39 is 0 Å². The quantitative estimate of drug-likeness (QED) is 0.735. The average Bonchev–Trinajstić information content (AvgIpc) is 2.99. The molecular weight excluding hydrogens is 316 g/mol. The van der Waals surface area contributed by atoms with Crippen molar-refractivity contribution in [3.63, 3.8) is 0 Å². The van der Waals surface area contributed by atoms with E-state index >= 15 is 0 Å². The number of anilines is 1. The highest BCUT2D eigenvalue weighted by atomic mass is 32.1.